The first kappa shape index (κ1) is 23.9. The van der Waals surface area contributed by atoms with E-state index >= 15 is 0 Å². The van der Waals surface area contributed by atoms with Crippen LogP contribution < -0.4 is 10.6 Å². The molecule has 1 aromatic heterocycles. The molecule has 3 N–H and O–H groups in total. The monoisotopic (exact) mass is 461 g/mol. The Bertz CT molecular complexity index is 1010. The van der Waals surface area contributed by atoms with Gasteiger partial charge in [-0.15, -0.1) is 12.4 Å². The van der Waals surface area contributed by atoms with E-state index in [0.29, 0.717) is 6.54 Å². The number of nitrogens with zero attached hydrogens (tertiary/aromatic N) is 3. The van der Waals surface area contributed by atoms with Crippen molar-refractivity contribution in [1.82, 2.24) is 20.0 Å². The number of benzene rings is 2. The van der Waals surface area contributed by atoms with Crippen molar-refractivity contribution in [1.29, 1.82) is 0 Å². The fourth-order valence-corrected chi connectivity index (χ4v) is 5.18. The summed E-state index contributed by atoms with van der Waals surface area (Å²) in [5.41, 5.74) is 4.64. The molecule has 0 unspecified atom stereocenters. The Morgan fingerprint density at radius 2 is 1.87 bits per heavy atom. The summed E-state index contributed by atoms with van der Waals surface area (Å²) in [6.07, 6.45) is 0. The smallest absolute Gasteiger partial charge is 0.103 e. The van der Waals surface area contributed by atoms with Crippen LogP contribution in [0.25, 0.3) is 22.2 Å². The second kappa shape index (κ2) is 11.2. The van der Waals surface area contributed by atoms with Crippen LogP contribution in [0.3, 0.4) is 0 Å². The highest BCUT2D eigenvalue weighted by molar-refractivity contribution is 8.00. The number of rotatable bonds is 11. The molecular formula is C23H32ClN5OS. The first-order chi connectivity index (χ1) is 14.8. The van der Waals surface area contributed by atoms with Gasteiger partial charge in [0, 0.05) is 52.6 Å². The number of hydrogen-bond acceptors (Lipinski definition) is 6. The van der Waals surface area contributed by atoms with Gasteiger partial charge >= 0.3 is 0 Å². The predicted molar refractivity (Wildman–Crippen MR) is 133 cm³/mol. The minimum absolute atomic E-state index is 0. The number of aromatic nitrogens is 2. The van der Waals surface area contributed by atoms with Crippen molar-refractivity contribution in [3.05, 3.63) is 36.4 Å². The number of fused-ring (bicyclic) bond motifs is 2. The van der Waals surface area contributed by atoms with Crippen molar-refractivity contribution in [2.24, 2.45) is 0 Å². The maximum atomic E-state index is 9.00. The Balaban J connectivity index is 0.00000272. The van der Waals surface area contributed by atoms with E-state index in [1.165, 1.54) is 31.9 Å². The SMILES string of the molecule is CCN(CC)CCNc1ccc2c3c(nn2CCNCCO)-c2ccccc2Sc13.Cl. The third-order valence-corrected chi connectivity index (χ3v) is 6.86. The number of halogens is 1. The largest absolute Gasteiger partial charge is 0.395 e. The fourth-order valence-electron chi connectivity index (χ4n) is 3.98. The van der Waals surface area contributed by atoms with E-state index in [4.69, 9.17) is 10.2 Å². The van der Waals surface area contributed by atoms with Gasteiger partial charge in [0.25, 0.3) is 0 Å². The Morgan fingerprint density at radius 1 is 1.06 bits per heavy atom. The third kappa shape index (κ3) is 5.02. The van der Waals surface area contributed by atoms with E-state index in [-0.39, 0.29) is 19.0 Å². The molecule has 3 aromatic rings. The molecule has 0 atom stereocenters. The van der Waals surface area contributed by atoms with Gasteiger partial charge in [-0.1, -0.05) is 43.8 Å². The van der Waals surface area contributed by atoms with Gasteiger partial charge < -0.3 is 20.6 Å². The molecule has 2 heterocycles. The van der Waals surface area contributed by atoms with Gasteiger partial charge in [0.15, 0.2) is 0 Å². The molecule has 0 fully saturated rings. The first-order valence-electron chi connectivity index (χ1n) is 10.8. The van der Waals surface area contributed by atoms with Gasteiger partial charge in [-0.2, -0.15) is 5.10 Å². The second-order valence-corrected chi connectivity index (χ2v) is 8.49. The lowest BCUT2D eigenvalue weighted by molar-refractivity contribution is 0.291. The van der Waals surface area contributed by atoms with Gasteiger partial charge in [-0.25, -0.2) is 0 Å². The van der Waals surface area contributed by atoms with E-state index in [0.717, 1.165) is 45.0 Å². The minimum Gasteiger partial charge on any atom is -0.395 e. The molecule has 0 saturated heterocycles. The summed E-state index contributed by atoms with van der Waals surface area (Å²) in [5, 5.41) is 22.2. The molecule has 0 radical (unpaired) electrons. The molecule has 1 aliphatic rings. The van der Waals surface area contributed by atoms with Crippen LogP contribution in [0, 0.1) is 0 Å². The summed E-state index contributed by atoms with van der Waals surface area (Å²) in [6.45, 7) is 10.9. The molecule has 0 saturated carbocycles. The Kier molecular flexibility index (Phi) is 8.63. The summed E-state index contributed by atoms with van der Waals surface area (Å²) >= 11 is 1.84. The first-order valence-corrected chi connectivity index (χ1v) is 11.7. The van der Waals surface area contributed by atoms with Crippen LogP contribution in [0.5, 0.6) is 0 Å². The van der Waals surface area contributed by atoms with Crippen LogP contribution in [-0.2, 0) is 6.54 Å². The Hall–Kier alpha value is -1.77. The second-order valence-electron chi connectivity index (χ2n) is 7.43. The summed E-state index contributed by atoms with van der Waals surface area (Å²) in [7, 11) is 0. The maximum Gasteiger partial charge on any atom is 0.103 e. The average Bonchev–Trinajstić information content (AvgIpc) is 3.15. The maximum absolute atomic E-state index is 9.00. The zero-order chi connectivity index (χ0) is 20.9. The van der Waals surface area contributed by atoms with E-state index in [1.54, 1.807) is 0 Å². The Morgan fingerprint density at radius 3 is 2.65 bits per heavy atom. The van der Waals surface area contributed by atoms with Crippen molar-refractivity contribution in [2.75, 3.05) is 51.2 Å². The lowest BCUT2D eigenvalue weighted by Crippen LogP contribution is -2.28. The van der Waals surface area contributed by atoms with Crippen LogP contribution in [0.2, 0.25) is 0 Å². The minimum atomic E-state index is 0. The zero-order valence-corrected chi connectivity index (χ0v) is 19.9. The predicted octanol–water partition coefficient (Wildman–Crippen LogP) is 3.93. The summed E-state index contributed by atoms with van der Waals surface area (Å²) in [5.74, 6) is 0. The van der Waals surface area contributed by atoms with Crippen molar-refractivity contribution in [3.63, 3.8) is 0 Å². The van der Waals surface area contributed by atoms with Crippen LogP contribution in [0.4, 0.5) is 5.69 Å². The van der Waals surface area contributed by atoms with E-state index < -0.39 is 0 Å². The van der Waals surface area contributed by atoms with Gasteiger partial charge in [0.1, 0.15) is 5.69 Å². The molecule has 168 valence electrons. The number of likely N-dealkylation sites (N-methyl/N-ethyl adjacent to an activating group) is 1. The molecule has 6 nitrogen and oxygen atoms in total. The topological polar surface area (TPSA) is 65.4 Å². The summed E-state index contributed by atoms with van der Waals surface area (Å²) in [6, 6.07) is 12.9. The quantitative estimate of drug-likeness (QED) is 0.294. The van der Waals surface area contributed by atoms with Gasteiger partial charge in [-0.05, 0) is 31.3 Å². The molecule has 0 aliphatic carbocycles. The standard InChI is InChI=1S/C23H31N5OS.ClH/c1-3-27(4-2)14-12-25-18-9-10-19-21-22(26-28(19)15-11-24-13-16-29)17-7-5-6-8-20(17)30-23(18)21;/h5-10,24-25,29H,3-4,11-16H2,1-2H3;1H. The van der Waals surface area contributed by atoms with E-state index in [1.807, 2.05) is 11.8 Å². The normalized spacial score (nSPS) is 12.1. The molecule has 0 amide bonds. The van der Waals surface area contributed by atoms with Crippen LogP contribution in [0.1, 0.15) is 13.8 Å². The van der Waals surface area contributed by atoms with Crippen molar-refractivity contribution in [3.8, 4) is 11.3 Å². The van der Waals surface area contributed by atoms with E-state index in [2.05, 4.69) is 70.5 Å². The molecule has 8 heteroatoms. The average molecular weight is 462 g/mol. The lowest BCUT2D eigenvalue weighted by Gasteiger charge is -2.21. The summed E-state index contributed by atoms with van der Waals surface area (Å²) < 4.78 is 2.10. The number of anilines is 1. The highest BCUT2D eigenvalue weighted by atomic mass is 35.5. The fraction of sp³-hybridized carbons (Fsp3) is 0.435. The molecule has 1 aliphatic heterocycles. The van der Waals surface area contributed by atoms with Crippen LogP contribution in [-0.4, -0.2) is 65.7 Å². The number of aliphatic hydroxyl groups is 1. The zero-order valence-electron chi connectivity index (χ0n) is 18.2. The highest BCUT2D eigenvalue weighted by Gasteiger charge is 2.25. The summed E-state index contributed by atoms with van der Waals surface area (Å²) in [4.78, 5) is 4.96. The molecular weight excluding hydrogens is 430 g/mol. The number of nitrogens with one attached hydrogen (secondary N) is 2. The molecule has 4 rings (SSSR count). The van der Waals surface area contributed by atoms with Crippen molar-refractivity contribution in [2.45, 2.75) is 30.2 Å². The lowest BCUT2D eigenvalue weighted by atomic mass is 10.1. The molecule has 0 spiro atoms. The highest BCUT2D eigenvalue weighted by Crippen LogP contribution is 2.50. The molecule has 2 aromatic carbocycles. The van der Waals surface area contributed by atoms with Crippen LogP contribution in [0.15, 0.2) is 46.2 Å². The van der Waals surface area contributed by atoms with Gasteiger partial charge in [0.05, 0.1) is 18.7 Å². The third-order valence-electron chi connectivity index (χ3n) is 5.65. The Labute approximate surface area is 194 Å². The van der Waals surface area contributed by atoms with Crippen molar-refractivity contribution >= 4 is 40.8 Å². The van der Waals surface area contributed by atoms with Crippen LogP contribution >= 0.6 is 24.2 Å². The van der Waals surface area contributed by atoms with Gasteiger partial charge in [-0.3, -0.25) is 4.68 Å². The molecule has 0 bridgehead atoms. The number of hydrogen-bond donors (Lipinski definition) is 3. The molecule has 31 heavy (non-hydrogen) atoms. The van der Waals surface area contributed by atoms with Gasteiger partial charge in [0.2, 0.25) is 0 Å². The van der Waals surface area contributed by atoms with E-state index in [9.17, 15) is 0 Å². The number of aliphatic hydroxyl groups excluding tert-OH is 1. The van der Waals surface area contributed by atoms with Crippen molar-refractivity contribution < 1.29 is 5.11 Å².